The van der Waals surface area contributed by atoms with Gasteiger partial charge in [-0.25, -0.2) is 0 Å². The first kappa shape index (κ1) is 83.3. The molecule has 3 N–H and O–H groups in total. The van der Waals surface area contributed by atoms with Crippen LogP contribution in [0.15, 0.2) is 24.3 Å². The SMILES string of the molecule is CCCCCCCCCCCCCCCCCCCCCCCCC/C=C/C(O)C(CO)NC(=O)CCCCCCCCCC/C=C\CCCCCCCCCCCCCCOC(=O)CCCCCCCCCCCCCCCCCCCCC. The fourth-order valence-electron chi connectivity index (χ4n) is 12.5. The molecule has 6 nitrogen and oxygen atoms in total. The number of aliphatic hydroxyl groups excluding tert-OH is 2. The van der Waals surface area contributed by atoms with Gasteiger partial charge in [-0.1, -0.05) is 398 Å². The van der Waals surface area contributed by atoms with Crippen molar-refractivity contribution in [3.8, 4) is 0 Å². The molecule has 85 heavy (non-hydrogen) atoms. The Morgan fingerprint density at radius 1 is 0.318 bits per heavy atom. The summed E-state index contributed by atoms with van der Waals surface area (Å²) in [7, 11) is 0. The van der Waals surface area contributed by atoms with Gasteiger partial charge in [-0.2, -0.15) is 0 Å². The third kappa shape index (κ3) is 71.3. The number of nitrogens with one attached hydrogen (secondary N) is 1. The summed E-state index contributed by atoms with van der Waals surface area (Å²) in [5.41, 5.74) is 0. The normalized spacial score (nSPS) is 12.6. The van der Waals surface area contributed by atoms with Crippen LogP contribution >= 0.6 is 0 Å². The second-order valence-electron chi connectivity index (χ2n) is 27.0. The number of aliphatic hydroxyl groups is 2. The molecule has 2 atom stereocenters. The van der Waals surface area contributed by atoms with Gasteiger partial charge < -0.3 is 20.3 Å². The van der Waals surface area contributed by atoms with Gasteiger partial charge in [0.1, 0.15) is 0 Å². The average Bonchev–Trinajstić information content (AvgIpc) is 3.51. The molecule has 0 aromatic heterocycles. The molecule has 6 heteroatoms. The van der Waals surface area contributed by atoms with Crippen molar-refractivity contribution in [1.29, 1.82) is 0 Å². The maximum Gasteiger partial charge on any atom is 0.305 e. The van der Waals surface area contributed by atoms with E-state index in [4.69, 9.17) is 4.74 Å². The number of hydrogen-bond acceptors (Lipinski definition) is 5. The second-order valence-corrected chi connectivity index (χ2v) is 27.0. The fraction of sp³-hybridized carbons (Fsp3) is 0.924. The molecule has 1 amide bonds. The number of hydrogen-bond donors (Lipinski definition) is 3. The van der Waals surface area contributed by atoms with E-state index in [0.29, 0.717) is 19.4 Å². The molecule has 0 rings (SSSR count). The Morgan fingerprint density at radius 2 is 0.553 bits per heavy atom. The lowest BCUT2D eigenvalue weighted by Gasteiger charge is -2.20. The molecule has 504 valence electrons. The molecule has 0 aromatic rings. The molecule has 0 aliphatic carbocycles. The number of carbonyl (C=O) groups excluding carboxylic acids is 2. The number of rotatable bonds is 74. The van der Waals surface area contributed by atoms with Crippen LogP contribution in [0.4, 0.5) is 0 Å². The van der Waals surface area contributed by atoms with Crippen LogP contribution in [0.5, 0.6) is 0 Å². The molecule has 2 unspecified atom stereocenters. The van der Waals surface area contributed by atoms with Gasteiger partial charge >= 0.3 is 5.97 Å². The van der Waals surface area contributed by atoms with Gasteiger partial charge in [0.25, 0.3) is 0 Å². The molecular weight excluding hydrogens is 1040 g/mol. The smallest absolute Gasteiger partial charge is 0.305 e. The summed E-state index contributed by atoms with van der Waals surface area (Å²) in [6.07, 6.45) is 95.7. The molecule has 0 fully saturated rings. The number of carbonyl (C=O) groups is 2. The highest BCUT2D eigenvalue weighted by Crippen LogP contribution is 2.20. The minimum absolute atomic E-state index is 0.0181. The van der Waals surface area contributed by atoms with Crippen LogP contribution in [0, 0.1) is 0 Å². The highest BCUT2D eigenvalue weighted by Gasteiger charge is 2.18. The summed E-state index contributed by atoms with van der Waals surface area (Å²) < 4.78 is 5.52. The van der Waals surface area contributed by atoms with Crippen LogP contribution < -0.4 is 5.32 Å². The lowest BCUT2D eigenvalue weighted by atomic mass is 10.0. The molecule has 0 heterocycles. The Kier molecular flexibility index (Phi) is 73.3. The first-order chi connectivity index (χ1) is 42.0. The molecule has 0 radical (unpaired) electrons. The summed E-state index contributed by atoms with van der Waals surface area (Å²) in [6.45, 7) is 4.96. The van der Waals surface area contributed by atoms with Crippen molar-refractivity contribution < 1.29 is 24.5 Å². The van der Waals surface area contributed by atoms with Crippen LogP contribution in [0.3, 0.4) is 0 Å². The standard InChI is InChI=1S/C79H153NO5/c1-3-5-7-9-11-13-15-17-19-21-23-24-25-26-29-32-36-39-43-47-51-55-59-63-67-71-77(82)76(75-81)80-78(83)72-68-64-60-56-52-48-44-40-37-33-30-27-28-31-34-38-42-46-50-54-58-62-66-70-74-85-79(84)73-69-65-61-57-53-49-45-41-35-22-20-18-16-14-12-10-8-6-4-2/h30,33,67,71,76-77,81-82H,3-29,31-32,34-66,68-70,72-75H2,1-2H3,(H,80,83)/b33-30-,71-67+. The van der Waals surface area contributed by atoms with E-state index in [1.807, 2.05) is 6.08 Å². The van der Waals surface area contributed by atoms with Gasteiger partial charge in [0, 0.05) is 12.8 Å². The molecule has 0 aliphatic heterocycles. The van der Waals surface area contributed by atoms with Crippen molar-refractivity contribution in [2.75, 3.05) is 13.2 Å². The summed E-state index contributed by atoms with van der Waals surface area (Å²) in [5, 5.41) is 23.3. The third-order valence-electron chi connectivity index (χ3n) is 18.5. The molecular formula is C79H153NO5. The van der Waals surface area contributed by atoms with Crippen molar-refractivity contribution in [1.82, 2.24) is 5.32 Å². The van der Waals surface area contributed by atoms with Gasteiger partial charge in [0.2, 0.25) is 5.91 Å². The van der Waals surface area contributed by atoms with Crippen LogP contribution in [0.1, 0.15) is 444 Å². The van der Waals surface area contributed by atoms with Crippen LogP contribution in [-0.2, 0) is 14.3 Å². The molecule has 0 saturated carbocycles. The van der Waals surface area contributed by atoms with E-state index in [-0.39, 0.29) is 18.5 Å². The van der Waals surface area contributed by atoms with E-state index >= 15 is 0 Å². The predicted octanol–water partition coefficient (Wildman–Crippen LogP) is 25.7. The van der Waals surface area contributed by atoms with Gasteiger partial charge in [-0.05, 0) is 57.8 Å². The van der Waals surface area contributed by atoms with Gasteiger partial charge in [0.05, 0.1) is 25.4 Å². The van der Waals surface area contributed by atoms with E-state index in [1.54, 1.807) is 6.08 Å². The quantitative estimate of drug-likeness (QED) is 0.0320. The van der Waals surface area contributed by atoms with E-state index in [1.165, 1.54) is 379 Å². The topological polar surface area (TPSA) is 95.9 Å². The van der Waals surface area contributed by atoms with Crippen LogP contribution in [0.2, 0.25) is 0 Å². The van der Waals surface area contributed by atoms with Crippen molar-refractivity contribution in [2.45, 2.75) is 456 Å². The Balaban J connectivity index is 3.40. The minimum atomic E-state index is -0.849. The number of allylic oxidation sites excluding steroid dienone is 3. The Bertz CT molecular complexity index is 1330. The lowest BCUT2D eigenvalue weighted by Crippen LogP contribution is -2.45. The number of ether oxygens (including phenoxy) is 1. The largest absolute Gasteiger partial charge is 0.466 e. The number of amides is 1. The summed E-state index contributed by atoms with van der Waals surface area (Å²) in [6, 6.07) is -0.633. The van der Waals surface area contributed by atoms with Crippen LogP contribution in [0.25, 0.3) is 0 Å². The Labute approximate surface area is 532 Å². The van der Waals surface area contributed by atoms with Gasteiger partial charge in [-0.15, -0.1) is 0 Å². The van der Waals surface area contributed by atoms with Crippen molar-refractivity contribution in [3.63, 3.8) is 0 Å². The van der Waals surface area contributed by atoms with Crippen molar-refractivity contribution in [2.24, 2.45) is 0 Å². The maximum absolute atomic E-state index is 12.6. The lowest BCUT2D eigenvalue weighted by molar-refractivity contribution is -0.143. The highest BCUT2D eigenvalue weighted by atomic mass is 16.5. The van der Waals surface area contributed by atoms with Crippen molar-refractivity contribution in [3.05, 3.63) is 24.3 Å². The zero-order valence-corrected chi connectivity index (χ0v) is 57.9. The predicted molar refractivity (Wildman–Crippen MR) is 375 cm³/mol. The molecule has 0 saturated heterocycles. The average molecular weight is 1200 g/mol. The first-order valence-corrected chi connectivity index (χ1v) is 39.1. The minimum Gasteiger partial charge on any atom is -0.466 e. The highest BCUT2D eigenvalue weighted by molar-refractivity contribution is 5.76. The van der Waals surface area contributed by atoms with Crippen molar-refractivity contribution >= 4 is 11.9 Å². The van der Waals surface area contributed by atoms with Gasteiger partial charge in [-0.3, -0.25) is 9.59 Å². The fourth-order valence-corrected chi connectivity index (χ4v) is 12.5. The number of unbranched alkanes of at least 4 members (excludes halogenated alkanes) is 61. The zero-order valence-electron chi connectivity index (χ0n) is 57.9. The first-order valence-electron chi connectivity index (χ1n) is 39.1. The van der Waals surface area contributed by atoms with Gasteiger partial charge in [0.15, 0.2) is 0 Å². The Morgan fingerprint density at radius 3 is 0.835 bits per heavy atom. The molecule has 0 spiro atoms. The summed E-state index contributed by atoms with van der Waals surface area (Å²) >= 11 is 0. The maximum atomic E-state index is 12.6. The Hall–Kier alpha value is -1.66. The molecule has 0 bridgehead atoms. The van der Waals surface area contributed by atoms with E-state index in [2.05, 4.69) is 31.3 Å². The van der Waals surface area contributed by atoms with Crippen LogP contribution in [-0.4, -0.2) is 47.4 Å². The molecule has 0 aliphatic rings. The van der Waals surface area contributed by atoms with E-state index in [9.17, 15) is 19.8 Å². The number of esters is 1. The summed E-state index contributed by atoms with van der Waals surface area (Å²) in [5.74, 6) is -0.0492. The monoisotopic (exact) mass is 1200 g/mol. The van der Waals surface area contributed by atoms with E-state index < -0.39 is 12.1 Å². The zero-order chi connectivity index (χ0) is 61.3. The van der Waals surface area contributed by atoms with E-state index in [0.717, 1.165) is 38.5 Å². The molecule has 0 aromatic carbocycles. The second kappa shape index (κ2) is 74.8. The summed E-state index contributed by atoms with van der Waals surface area (Å²) in [4.78, 5) is 24.7. The third-order valence-corrected chi connectivity index (χ3v) is 18.5.